The Bertz CT molecular complexity index is 1140. The molecule has 2 heterocycles. The lowest BCUT2D eigenvalue weighted by molar-refractivity contribution is 0.407. The molecule has 0 aliphatic rings. The van der Waals surface area contributed by atoms with Crippen molar-refractivity contribution in [1.29, 1.82) is 0 Å². The molecule has 0 fully saturated rings. The number of ether oxygens (including phenoxy) is 1. The molecule has 0 atom stereocenters. The molecule has 0 aliphatic heterocycles. The highest BCUT2D eigenvalue weighted by Crippen LogP contribution is 2.32. The number of para-hydroxylation sites is 1. The first-order valence-corrected chi connectivity index (χ1v) is 8.30. The lowest BCUT2D eigenvalue weighted by Crippen LogP contribution is -2.00. The molecule has 0 spiro atoms. The zero-order valence-electron chi connectivity index (χ0n) is 14.7. The van der Waals surface area contributed by atoms with Gasteiger partial charge in [-0.25, -0.2) is 23.7 Å². The second-order valence-corrected chi connectivity index (χ2v) is 6.08. The van der Waals surface area contributed by atoms with Gasteiger partial charge in [0.25, 0.3) is 0 Å². The molecule has 4 rings (SSSR count). The summed E-state index contributed by atoms with van der Waals surface area (Å²) in [6.45, 7) is 1.75. The summed E-state index contributed by atoms with van der Waals surface area (Å²) in [5.41, 5.74) is 1.87. The summed E-state index contributed by atoms with van der Waals surface area (Å²) in [7, 11) is 1.36. The molecular weight excluding hydrogens is 348 g/mol. The minimum Gasteiger partial charge on any atom is -0.497 e. The third kappa shape index (κ3) is 3.10. The van der Waals surface area contributed by atoms with Gasteiger partial charge in [0.1, 0.15) is 23.1 Å². The molecular formula is C21H15F2N3O. The molecule has 4 aromatic rings. The number of halogens is 2. The normalized spacial score (nSPS) is 11.0. The Hall–Kier alpha value is -3.41. The van der Waals surface area contributed by atoms with Gasteiger partial charge >= 0.3 is 0 Å². The number of fused-ring (bicyclic) bond motifs is 1. The average Bonchev–Trinajstić information content (AvgIpc) is 2.68. The van der Waals surface area contributed by atoms with Gasteiger partial charge in [0.2, 0.25) is 0 Å². The van der Waals surface area contributed by atoms with Gasteiger partial charge < -0.3 is 4.74 Å². The molecule has 134 valence electrons. The summed E-state index contributed by atoms with van der Waals surface area (Å²) < 4.78 is 33.9. The van der Waals surface area contributed by atoms with Gasteiger partial charge in [-0.3, -0.25) is 0 Å². The van der Waals surface area contributed by atoms with Crippen molar-refractivity contribution >= 4 is 10.9 Å². The first kappa shape index (κ1) is 17.0. The fraction of sp³-hybridized carbons (Fsp3) is 0.0952. The topological polar surface area (TPSA) is 47.9 Å². The van der Waals surface area contributed by atoms with Crippen molar-refractivity contribution in [3.05, 3.63) is 71.9 Å². The number of aromatic nitrogens is 3. The number of pyridine rings is 1. The highest BCUT2D eigenvalue weighted by atomic mass is 19.1. The van der Waals surface area contributed by atoms with Gasteiger partial charge in [-0.1, -0.05) is 24.3 Å². The van der Waals surface area contributed by atoms with Crippen LogP contribution in [0.1, 0.15) is 5.56 Å². The van der Waals surface area contributed by atoms with E-state index in [4.69, 9.17) is 4.74 Å². The summed E-state index contributed by atoms with van der Waals surface area (Å²) in [5, 5.41) is 0.904. The minimum atomic E-state index is -0.737. The van der Waals surface area contributed by atoms with E-state index in [0.717, 1.165) is 23.0 Å². The van der Waals surface area contributed by atoms with Gasteiger partial charge in [0, 0.05) is 23.7 Å². The Morgan fingerprint density at radius 1 is 0.926 bits per heavy atom. The molecule has 2 aromatic heterocycles. The van der Waals surface area contributed by atoms with Crippen LogP contribution >= 0.6 is 0 Å². The quantitative estimate of drug-likeness (QED) is 0.516. The summed E-state index contributed by atoms with van der Waals surface area (Å²) in [6, 6.07) is 13.3. The maximum Gasteiger partial charge on any atom is 0.178 e. The number of hydrogen-bond donors (Lipinski definition) is 0. The number of benzene rings is 2. The Labute approximate surface area is 154 Å². The van der Waals surface area contributed by atoms with Crippen molar-refractivity contribution in [3.63, 3.8) is 0 Å². The Balaban J connectivity index is 1.87. The molecule has 6 heteroatoms. The molecule has 0 bridgehead atoms. The number of nitrogens with zero attached hydrogens (tertiary/aromatic N) is 3. The Morgan fingerprint density at radius 3 is 2.41 bits per heavy atom. The molecule has 0 saturated carbocycles. The number of methoxy groups -OCH3 is 1. The van der Waals surface area contributed by atoms with Gasteiger partial charge in [-0.05, 0) is 24.6 Å². The molecule has 4 nitrogen and oxygen atoms in total. The standard InChI is InChI=1S/C21H15F2N3O/c1-12-7-8-18(21-24-11-13-5-3-4-6-17(13)26-21)25-20(12)19-15(22)9-14(27-2)10-16(19)23/h3-11H,1-2H3. The largest absolute Gasteiger partial charge is 0.497 e. The number of rotatable bonds is 3. The van der Waals surface area contributed by atoms with E-state index >= 15 is 0 Å². The van der Waals surface area contributed by atoms with Crippen LogP contribution in [0.15, 0.2) is 54.7 Å². The number of aryl methyl sites for hydroxylation is 1. The third-order valence-corrected chi connectivity index (χ3v) is 4.30. The second kappa shape index (κ2) is 6.72. The maximum atomic E-state index is 14.5. The second-order valence-electron chi connectivity index (χ2n) is 6.08. The van der Waals surface area contributed by atoms with Gasteiger partial charge in [0.05, 0.1) is 23.9 Å². The van der Waals surface area contributed by atoms with Gasteiger partial charge in [-0.2, -0.15) is 0 Å². The lowest BCUT2D eigenvalue weighted by atomic mass is 10.0. The van der Waals surface area contributed by atoms with E-state index in [1.807, 2.05) is 24.3 Å². The van der Waals surface area contributed by atoms with Crippen LogP contribution in [-0.4, -0.2) is 22.1 Å². The van der Waals surface area contributed by atoms with E-state index in [1.54, 1.807) is 25.3 Å². The van der Waals surface area contributed by atoms with Crippen molar-refractivity contribution in [2.75, 3.05) is 7.11 Å². The molecule has 0 amide bonds. The SMILES string of the molecule is COc1cc(F)c(-c2nc(-c3ncc4ccccc4n3)ccc2C)c(F)c1. The predicted octanol–water partition coefficient (Wildman–Crippen LogP) is 4.95. The van der Waals surface area contributed by atoms with Crippen LogP contribution in [0, 0.1) is 18.6 Å². The molecule has 0 aliphatic carbocycles. The van der Waals surface area contributed by atoms with Gasteiger partial charge in [-0.15, -0.1) is 0 Å². The van der Waals surface area contributed by atoms with Crippen LogP contribution in [0.2, 0.25) is 0 Å². The molecule has 27 heavy (non-hydrogen) atoms. The summed E-state index contributed by atoms with van der Waals surface area (Å²) in [6.07, 6.45) is 1.70. The summed E-state index contributed by atoms with van der Waals surface area (Å²) >= 11 is 0. The Kier molecular flexibility index (Phi) is 4.24. The fourth-order valence-electron chi connectivity index (χ4n) is 2.90. The van der Waals surface area contributed by atoms with Crippen molar-refractivity contribution in [2.45, 2.75) is 6.92 Å². The van der Waals surface area contributed by atoms with Crippen molar-refractivity contribution in [2.24, 2.45) is 0 Å². The van der Waals surface area contributed by atoms with Crippen LogP contribution < -0.4 is 4.74 Å². The smallest absolute Gasteiger partial charge is 0.178 e. The van der Waals surface area contributed by atoms with E-state index in [1.165, 1.54) is 7.11 Å². The van der Waals surface area contributed by atoms with Crippen LogP contribution in [0.5, 0.6) is 5.75 Å². The zero-order valence-corrected chi connectivity index (χ0v) is 14.7. The fourth-order valence-corrected chi connectivity index (χ4v) is 2.90. The molecule has 0 saturated heterocycles. The van der Waals surface area contributed by atoms with E-state index in [9.17, 15) is 8.78 Å². The van der Waals surface area contributed by atoms with Crippen LogP contribution in [0.4, 0.5) is 8.78 Å². The highest BCUT2D eigenvalue weighted by molar-refractivity contribution is 5.79. The van der Waals surface area contributed by atoms with E-state index < -0.39 is 11.6 Å². The summed E-state index contributed by atoms with van der Waals surface area (Å²) in [4.78, 5) is 13.3. The van der Waals surface area contributed by atoms with Crippen LogP contribution in [0.3, 0.4) is 0 Å². The number of hydrogen-bond acceptors (Lipinski definition) is 4. The van der Waals surface area contributed by atoms with Crippen molar-refractivity contribution < 1.29 is 13.5 Å². The van der Waals surface area contributed by atoms with Gasteiger partial charge in [0.15, 0.2) is 5.82 Å². The maximum absolute atomic E-state index is 14.5. The molecule has 0 unspecified atom stereocenters. The van der Waals surface area contributed by atoms with Crippen molar-refractivity contribution in [3.8, 4) is 28.5 Å². The average molecular weight is 363 g/mol. The van der Waals surface area contributed by atoms with E-state index in [0.29, 0.717) is 17.1 Å². The van der Waals surface area contributed by atoms with Crippen LogP contribution in [-0.2, 0) is 0 Å². The molecule has 0 N–H and O–H groups in total. The summed E-state index contributed by atoms with van der Waals surface area (Å²) in [5.74, 6) is -0.970. The lowest BCUT2D eigenvalue weighted by Gasteiger charge is -2.11. The predicted molar refractivity (Wildman–Crippen MR) is 99.4 cm³/mol. The van der Waals surface area contributed by atoms with E-state index in [2.05, 4.69) is 15.0 Å². The molecule has 0 radical (unpaired) electrons. The minimum absolute atomic E-state index is 0.112. The first-order chi connectivity index (χ1) is 13.1. The van der Waals surface area contributed by atoms with E-state index in [-0.39, 0.29) is 17.0 Å². The Morgan fingerprint density at radius 2 is 1.67 bits per heavy atom. The highest BCUT2D eigenvalue weighted by Gasteiger charge is 2.18. The van der Waals surface area contributed by atoms with Crippen molar-refractivity contribution in [1.82, 2.24) is 15.0 Å². The molecule has 2 aromatic carbocycles. The zero-order chi connectivity index (χ0) is 19.0. The first-order valence-electron chi connectivity index (χ1n) is 8.30. The van der Waals surface area contributed by atoms with Crippen LogP contribution in [0.25, 0.3) is 33.7 Å². The monoisotopic (exact) mass is 363 g/mol. The third-order valence-electron chi connectivity index (χ3n) is 4.30.